The molecule has 1 fully saturated rings. The SMILES string of the molecule is CC(C)CNC(=O)[C@@H]1Cn2ccnc2C2(CCN(C(=O)NC(C)C)CC2)O1. The summed E-state index contributed by atoms with van der Waals surface area (Å²) in [5.74, 6) is 1.17. The van der Waals surface area contributed by atoms with Crippen LogP contribution in [0.2, 0.25) is 0 Å². The molecule has 27 heavy (non-hydrogen) atoms. The van der Waals surface area contributed by atoms with Gasteiger partial charge in [-0.1, -0.05) is 13.8 Å². The summed E-state index contributed by atoms with van der Waals surface area (Å²) in [6, 6.07) is 0.0532. The molecule has 1 atom stereocenters. The van der Waals surface area contributed by atoms with Gasteiger partial charge in [0.15, 0.2) is 6.10 Å². The van der Waals surface area contributed by atoms with Crippen molar-refractivity contribution in [3.63, 3.8) is 0 Å². The number of carbonyl (C=O) groups is 2. The highest BCUT2D eigenvalue weighted by atomic mass is 16.5. The van der Waals surface area contributed by atoms with Crippen molar-refractivity contribution in [1.29, 1.82) is 0 Å². The lowest BCUT2D eigenvalue weighted by Gasteiger charge is -2.45. The third kappa shape index (κ3) is 4.26. The number of imidazole rings is 1. The number of amides is 3. The lowest BCUT2D eigenvalue weighted by atomic mass is 9.88. The van der Waals surface area contributed by atoms with Crippen LogP contribution in [0.5, 0.6) is 0 Å². The number of nitrogens with one attached hydrogen (secondary N) is 2. The van der Waals surface area contributed by atoms with Gasteiger partial charge in [-0.05, 0) is 19.8 Å². The van der Waals surface area contributed by atoms with Gasteiger partial charge in [0.25, 0.3) is 5.91 Å². The molecule has 1 spiro atoms. The highest BCUT2D eigenvalue weighted by Gasteiger charge is 2.47. The lowest BCUT2D eigenvalue weighted by Crippen LogP contribution is -2.56. The molecule has 2 aliphatic heterocycles. The largest absolute Gasteiger partial charge is 0.354 e. The highest BCUT2D eigenvalue weighted by Crippen LogP contribution is 2.40. The van der Waals surface area contributed by atoms with Crippen LogP contribution in [0.3, 0.4) is 0 Å². The first-order valence-electron chi connectivity index (χ1n) is 9.83. The van der Waals surface area contributed by atoms with E-state index in [9.17, 15) is 9.59 Å². The Morgan fingerprint density at radius 1 is 1.30 bits per heavy atom. The number of rotatable bonds is 4. The number of aromatic nitrogens is 2. The van der Waals surface area contributed by atoms with Gasteiger partial charge < -0.3 is 24.8 Å². The summed E-state index contributed by atoms with van der Waals surface area (Å²) >= 11 is 0. The van der Waals surface area contributed by atoms with Crippen molar-refractivity contribution in [3.8, 4) is 0 Å². The first-order chi connectivity index (χ1) is 12.8. The molecular weight excluding hydrogens is 346 g/mol. The van der Waals surface area contributed by atoms with E-state index >= 15 is 0 Å². The summed E-state index contributed by atoms with van der Waals surface area (Å²) in [5.41, 5.74) is -0.615. The van der Waals surface area contributed by atoms with Crippen molar-refractivity contribution < 1.29 is 14.3 Å². The van der Waals surface area contributed by atoms with Crippen molar-refractivity contribution in [2.45, 2.75) is 64.8 Å². The van der Waals surface area contributed by atoms with Crippen LogP contribution in [-0.4, -0.2) is 58.2 Å². The Bertz CT molecular complexity index is 677. The number of carbonyl (C=O) groups excluding carboxylic acids is 2. The van der Waals surface area contributed by atoms with Gasteiger partial charge in [-0.2, -0.15) is 0 Å². The van der Waals surface area contributed by atoms with Crippen LogP contribution in [0.25, 0.3) is 0 Å². The number of ether oxygens (including phenoxy) is 1. The molecule has 8 heteroatoms. The van der Waals surface area contributed by atoms with Crippen molar-refractivity contribution in [1.82, 2.24) is 25.1 Å². The van der Waals surface area contributed by atoms with Crippen LogP contribution in [0.1, 0.15) is 46.4 Å². The molecule has 1 saturated heterocycles. The summed E-state index contributed by atoms with van der Waals surface area (Å²) < 4.78 is 8.37. The molecule has 1 aromatic rings. The highest BCUT2D eigenvalue weighted by molar-refractivity contribution is 5.81. The molecule has 8 nitrogen and oxygen atoms in total. The summed E-state index contributed by atoms with van der Waals surface area (Å²) in [6.45, 7) is 10.3. The summed E-state index contributed by atoms with van der Waals surface area (Å²) in [7, 11) is 0. The second-order valence-corrected chi connectivity index (χ2v) is 8.23. The molecule has 0 saturated carbocycles. The van der Waals surface area contributed by atoms with Crippen molar-refractivity contribution in [2.24, 2.45) is 5.92 Å². The molecule has 150 valence electrons. The number of likely N-dealkylation sites (tertiary alicyclic amines) is 1. The number of hydrogen-bond acceptors (Lipinski definition) is 4. The monoisotopic (exact) mass is 377 g/mol. The Balaban J connectivity index is 1.71. The van der Waals surface area contributed by atoms with E-state index in [4.69, 9.17) is 4.74 Å². The van der Waals surface area contributed by atoms with Gasteiger partial charge in [0.2, 0.25) is 0 Å². The van der Waals surface area contributed by atoms with Gasteiger partial charge in [-0.25, -0.2) is 9.78 Å². The molecule has 3 amide bonds. The Kier molecular flexibility index (Phi) is 5.74. The number of nitrogens with zero attached hydrogens (tertiary/aromatic N) is 3. The maximum Gasteiger partial charge on any atom is 0.317 e. The van der Waals surface area contributed by atoms with E-state index in [1.165, 1.54) is 0 Å². The minimum absolute atomic E-state index is 0.0507. The average molecular weight is 377 g/mol. The zero-order valence-corrected chi connectivity index (χ0v) is 16.7. The molecule has 1 aromatic heterocycles. The second-order valence-electron chi connectivity index (χ2n) is 8.23. The van der Waals surface area contributed by atoms with E-state index in [1.54, 1.807) is 6.20 Å². The lowest BCUT2D eigenvalue weighted by molar-refractivity contribution is -0.171. The van der Waals surface area contributed by atoms with Crippen molar-refractivity contribution in [3.05, 3.63) is 18.2 Å². The van der Waals surface area contributed by atoms with Crippen LogP contribution >= 0.6 is 0 Å². The summed E-state index contributed by atoms with van der Waals surface area (Å²) in [4.78, 5) is 31.2. The molecule has 0 radical (unpaired) electrons. The molecule has 2 aliphatic rings. The number of piperidine rings is 1. The number of urea groups is 1. The van der Waals surface area contributed by atoms with Gasteiger partial charge in [0.05, 0.1) is 6.54 Å². The zero-order valence-electron chi connectivity index (χ0n) is 16.7. The fourth-order valence-corrected chi connectivity index (χ4v) is 3.70. The van der Waals surface area contributed by atoms with Gasteiger partial charge >= 0.3 is 6.03 Å². The first-order valence-corrected chi connectivity index (χ1v) is 9.83. The first kappa shape index (κ1) is 19.7. The van der Waals surface area contributed by atoms with Gasteiger partial charge in [0, 0.05) is 50.9 Å². The molecule has 0 bridgehead atoms. The van der Waals surface area contributed by atoms with Crippen molar-refractivity contribution in [2.75, 3.05) is 19.6 Å². The standard InChI is InChI=1S/C19H31N5O3/c1-13(2)11-21-16(25)15-12-24-10-7-20-17(24)19(27-15)5-8-23(9-6-19)18(26)22-14(3)4/h7,10,13-15H,5-6,8-9,11-12H2,1-4H3,(H,21,25)(H,22,26)/t15-/m0/s1. The molecule has 3 rings (SSSR count). The Morgan fingerprint density at radius 2 is 2.00 bits per heavy atom. The van der Waals surface area contributed by atoms with Crippen LogP contribution in [0, 0.1) is 5.92 Å². The van der Waals surface area contributed by atoms with Gasteiger partial charge in [-0.15, -0.1) is 0 Å². The average Bonchev–Trinajstić information content (AvgIpc) is 3.09. The van der Waals surface area contributed by atoms with E-state index < -0.39 is 11.7 Å². The van der Waals surface area contributed by atoms with Gasteiger partial charge in [-0.3, -0.25) is 4.79 Å². The van der Waals surface area contributed by atoms with Crippen LogP contribution in [0.15, 0.2) is 12.4 Å². The molecule has 0 aliphatic carbocycles. The maximum absolute atomic E-state index is 12.6. The smallest absolute Gasteiger partial charge is 0.317 e. The van der Waals surface area contributed by atoms with E-state index in [0.29, 0.717) is 44.9 Å². The van der Waals surface area contributed by atoms with E-state index in [2.05, 4.69) is 29.5 Å². The summed E-state index contributed by atoms with van der Waals surface area (Å²) in [5, 5.41) is 5.91. The molecule has 0 aromatic carbocycles. The van der Waals surface area contributed by atoms with E-state index in [0.717, 1.165) is 5.82 Å². The Labute approximate surface area is 160 Å². The molecule has 0 unspecified atom stereocenters. The summed E-state index contributed by atoms with van der Waals surface area (Å²) in [6.07, 6.45) is 4.38. The van der Waals surface area contributed by atoms with Gasteiger partial charge in [0.1, 0.15) is 11.4 Å². The fourth-order valence-electron chi connectivity index (χ4n) is 3.70. The minimum Gasteiger partial charge on any atom is -0.354 e. The molecular formula is C19H31N5O3. The quantitative estimate of drug-likeness (QED) is 0.832. The maximum atomic E-state index is 12.6. The Hall–Kier alpha value is -2.09. The molecule has 2 N–H and O–H groups in total. The van der Waals surface area contributed by atoms with E-state index in [-0.39, 0.29) is 18.0 Å². The predicted octanol–water partition coefficient (Wildman–Crippen LogP) is 1.46. The second kappa shape index (κ2) is 7.88. The van der Waals surface area contributed by atoms with Crippen LogP contribution in [0.4, 0.5) is 4.79 Å². The van der Waals surface area contributed by atoms with E-state index in [1.807, 2.05) is 29.5 Å². The normalized spacial score (nSPS) is 21.4. The fraction of sp³-hybridized carbons (Fsp3) is 0.737. The minimum atomic E-state index is -0.615. The topological polar surface area (TPSA) is 88.5 Å². The zero-order chi connectivity index (χ0) is 19.6. The third-order valence-electron chi connectivity index (χ3n) is 5.10. The van der Waals surface area contributed by atoms with Crippen LogP contribution < -0.4 is 10.6 Å². The third-order valence-corrected chi connectivity index (χ3v) is 5.10. The van der Waals surface area contributed by atoms with Crippen LogP contribution in [-0.2, 0) is 21.7 Å². The Morgan fingerprint density at radius 3 is 2.63 bits per heavy atom. The number of hydrogen-bond donors (Lipinski definition) is 2. The van der Waals surface area contributed by atoms with Crippen molar-refractivity contribution >= 4 is 11.9 Å². The number of fused-ring (bicyclic) bond motifs is 2. The predicted molar refractivity (Wildman–Crippen MR) is 101 cm³/mol. The molecule has 3 heterocycles.